The van der Waals surface area contributed by atoms with Crippen molar-refractivity contribution in [3.63, 3.8) is 0 Å². The van der Waals surface area contributed by atoms with Gasteiger partial charge in [0.05, 0.1) is 18.8 Å². The van der Waals surface area contributed by atoms with Gasteiger partial charge in [0, 0.05) is 6.42 Å². The van der Waals surface area contributed by atoms with Gasteiger partial charge in [0.1, 0.15) is 0 Å². The molecule has 0 radical (unpaired) electrons. The fourth-order valence-corrected chi connectivity index (χ4v) is 8.07. The molecule has 0 aromatic heterocycles. The molecule has 318 valence electrons. The van der Waals surface area contributed by atoms with Crippen LogP contribution in [-0.2, 0) is 4.79 Å². The van der Waals surface area contributed by atoms with E-state index in [9.17, 15) is 15.0 Å². The number of carbonyl (C=O) groups excluding carboxylic acids is 1. The van der Waals surface area contributed by atoms with E-state index in [0.29, 0.717) is 12.8 Å². The van der Waals surface area contributed by atoms with Gasteiger partial charge in [0.2, 0.25) is 5.91 Å². The van der Waals surface area contributed by atoms with E-state index in [1.54, 1.807) is 0 Å². The number of hydrogen-bond donors (Lipinski definition) is 3. The standard InChI is InChI=1S/C49H99NO3/c1-3-5-7-9-11-13-14-15-16-17-18-19-20-21-22-23-24-25-26-27-28-29-30-31-32-33-34-35-36-37-39-41-43-45-49(53)50-47(46-51)48(52)44-42-40-38-12-10-8-6-4-2/h47-48,51-52H,3-46H2,1-2H3,(H,50,53). The lowest BCUT2D eigenvalue weighted by atomic mass is 10.0. The summed E-state index contributed by atoms with van der Waals surface area (Å²) in [7, 11) is 0. The van der Waals surface area contributed by atoms with Gasteiger partial charge in [-0.3, -0.25) is 4.79 Å². The van der Waals surface area contributed by atoms with Crippen LogP contribution in [0, 0.1) is 0 Å². The molecule has 2 unspecified atom stereocenters. The molecule has 0 spiro atoms. The maximum atomic E-state index is 12.4. The molecule has 0 saturated carbocycles. The van der Waals surface area contributed by atoms with Crippen LogP contribution in [0.1, 0.15) is 290 Å². The molecule has 0 saturated heterocycles. The minimum Gasteiger partial charge on any atom is -0.394 e. The maximum absolute atomic E-state index is 12.4. The summed E-state index contributed by atoms with van der Waals surface area (Å²) >= 11 is 0. The van der Waals surface area contributed by atoms with Crippen LogP contribution in [0.15, 0.2) is 0 Å². The maximum Gasteiger partial charge on any atom is 0.220 e. The first-order valence-corrected chi connectivity index (χ1v) is 24.7. The zero-order valence-corrected chi connectivity index (χ0v) is 36.6. The molecular weight excluding hydrogens is 651 g/mol. The second-order valence-electron chi connectivity index (χ2n) is 17.3. The Labute approximate surface area is 334 Å². The van der Waals surface area contributed by atoms with Gasteiger partial charge in [-0.1, -0.05) is 271 Å². The van der Waals surface area contributed by atoms with Crippen LogP contribution >= 0.6 is 0 Å². The predicted octanol–water partition coefficient (Wildman–Crippen LogP) is 15.6. The Bertz CT molecular complexity index is 685. The van der Waals surface area contributed by atoms with E-state index in [1.807, 2.05) is 0 Å². The highest BCUT2D eigenvalue weighted by Crippen LogP contribution is 2.18. The van der Waals surface area contributed by atoms with Crippen molar-refractivity contribution in [3.05, 3.63) is 0 Å². The van der Waals surface area contributed by atoms with Crippen molar-refractivity contribution in [2.75, 3.05) is 6.61 Å². The van der Waals surface area contributed by atoms with Crippen LogP contribution in [-0.4, -0.2) is 34.9 Å². The summed E-state index contributed by atoms with van der Waals surface area (Å²) in [5, 5.41) is 23.0. The third kappa shape index (κ3) is 42.4. The SMILES string of the molecule is CCCCCCCCCCCCCCCCCCCCCCCCCCCCCCCCCCCC(=O)NC(CO)C(O)CCCCCCCCCC. The molecule has 0 aromatic carbocycles. The molecular formula is C49H99NO3. The lowest BCUT2D eigenvalue weighted by Gasteiger charge is -2.22. The molecule has 0 rings (SSSR count). The Morgan fingerprint density at radius 1 is 0.377 bits per heavy atom. The van der Waals surface area contributed by atoms with E-state index in [4.69, 9.17) is 0 Å². The van der Waals surface area contributed by atoms with E-state index < -0.39 is 12.1 Å². The Morgan fingerprint density at radius 2 is 0.604 bits per heavy atom. The van der Waals surface area contributed by atoms with Crippen LogP contribution in [0.2, 0.25) is 0 Å². The van der Waals surface area contributed by atoms with Crippen molar-refractivity contribution >= 4 is 5.91 Å². The normalized spacial score (nSPS) is 12.8. The van der Waals surface area contributed by atoms with Gasteiger partial charge < -0.3 is 15.5 Å². The quantitative estimate of drug-likeness (QED) is 0.0543. The molecule has 0 fully saturated rings. The number of nitrogens with one attached hydrogen (secondary N) is 1. The topological polar surface area (TPSA) is 69.6 Å². The molecule has 0 aliphatic rings. The first kappa shape index (κ1) is 52.4. The first-order chi connectivity index (χ1) is 26.2. The number of carbonyl (C=O) groups is 1. The highest BCUT2D eigenvalue weighted by Gasteiger charge is 2.20. The number of hydrogen-bond acceptors (Lipinski definition) is 3. The first-order valence-electron chi connectivity index (χ1n) is 24.7. The predicted molar refractivity (Wildman–Crippen MR) is 235 cm³/mol. The third-order valence-electron chi connectivity index (χ3n) is 11.9. The van der Waals surface area contributed by atoms with Crippen molar-refractivity contribution in [2.45, 2.75) is 302 Å². The van der Waals surface area contributed by atoms with E-state index >= 15 is 0 Å². The van der Waals surface area contributed by atoms with Crippen LogP contribution in [0.5, 0.6) is 0 Å². The van der Waals surface area contributed by atoms with Gasteiger partial charge in [-0.25, -0.2) is 0 Å². The van der Waals surface area contributed by atoms with Crippen molar-refractivity contribution in [3.8, 4) is 0 Å². The van der Waals surface area contributed by atoms with Crippen LogP contribution < -0.4 is 5.32 Å². The summed E-state index contributed by atoms with van der Waals surface area (Å²) in [6, 6.07) is -0.528. The number of aliphatic hydroxyl groups is 2. The van der Waals surface area contributed by atoms with Crippen LogP contribution in [0.3, 0.4) is 0 Å². The average molecular weight is 750 g/mol. The third-order valence-corrected chi connectivity index (χ3v) is 11.9. The lowest BCUT2D eigenvalue weighted by Crippen LogP contribution is -2.45. The largest absolute Gasteiger partial charge is 0.394 e. The minimum absolute atomic E-state index is 0.0280. The summed E-state index contributed by atoms with van der Waals surface area (Å²) in [4.78, 5) is 12.4. The molecule has 53 heavy (non-hydrogen) atoms. The molecule has 0 aromatic rings. The van der Waals surface area contributed by atoms with Crippen molar-refractivity contribution < 1.29 is 15.0 Å². The fourth-order valence-electron chi connectivity index (χ4n) is 8.07. The highest BCUT2D eigenvalue weighted by molar-refractivity contribution is 5.76. The van der Waals surface area contributed by atoms with Gasteiger partial charge in [-0.15, -0.1) is 0 Å². The van der Waals surface area contributed by atoms with Crippen LogP contribution in [0.4, 0.5) is 0 Å². The number of amides is 1. The average Bonchev–Trinajstić information content (AvgIpc) is 3.16. The summed E-state index contributed by atoms with van der Waals surface area (Å²) in [6.45, 7) is 4.35. The molecule has 4 nitrogen and oxygen atoms in total. The van der Waals surface area contributed by atoms with Gasteiger partial charge in [-0.05, 0) is 12.8 Å². The molecule has 1 amide bonds. The number of unbranched alkanes of at least 4 members (excludes halogenated alkanes) is 39. The van der Waals surface area contributed by atoms with Crippen LogP contribution in [0.25, 0.3) is 0 Å². The Balaban J connectivity index is 3.30. The zero-order valence-electron chi connectivity index (χ0n) is 36.6. The smallest absolute Gasteiger partial charge is 0.220 e. The van der Waals surface area contributed by atoms with Crippen molar-refractivity contribution in [1.82, 2.24) is 5.32 Å². The molecule has 3 N–H and O–H groups in total. The second-order valence-corrected chi connectivity index (χ2v) is 17.3. The molecule has 0 bridgehead atoms. The van der Waals surface area contributed by atoms with E-state index in [2.05, 4.69) is 19.2 Å². The molecule has 0 aliphatic heterocycles. The Kier molecular flexibility index (Phi) is 45.3. The van der Waals surface area contributed by atoms with E-state index in [-0.39, 0.29) is 12.5 Å². The Hall–Kier alpha value is -0.610. The number of rotatable bonds is 46. The highest BCUT2D eigenvalue weighted by atomic mass is 16.3. The molecule has 2 atom stereocenters. The van der Waals surface area contributed by atoms with Gasteiger partial charge in [0.15, 0.2) is 0 Å². The summed E-state index contributed by atoms with van der Waals surface area (Å²) in [6.07, 6.45) is 56.7. The van der Waals surface area contributed by atoms with Crippen molar-refractivity contribution in [2.24, 2.45) is 0 Å². The van der Waals surface area contributed by atoms with Gasteiger partial charge in [0.25, 0.3) is 0 Å². The minimum atomic E-state index is -0.651. The van der Waals surface area contributed by atoms with Gasteiger partial charge in [-0.2, -0.15) is 0 Å². The molecule has 0 heterocycles. The lowest BCUT2D eigenvalue weighted by molar-refractivity contribution is -0.123. The summed E-state index contributed by atoms with van der Waals surface area (Å²) < 4.78 is 0. The monoisotopic (exact) mass is 750 g/mol. The molecule has 4 heteroatoms. The molecule has 0 aliphatic carbocycles. The van der Waals surface area contributed by atoms with Gasteiger partial charge >= 0.3 is 0 Å². The van der Waals surface area contributed by atoms with Crippen molar-refractivity contribution in [1.29, 1.82) is 0 Å². The fraction of sp³-hybridized carbons (Fsp3) is 0.980. The summed E-state index contributed by atoms with van der Waals surface area (Å²) in [5.74, 6) is -0.0280. The Morgan fingerprint density at radius 3 is 0.849 bits per heavy atom. The van der Waals surface area contributed by atoms with E-state index in [1.165, 1.54) is 238 Å². The zero-order chi connectivity index (χ0) is 38.6. The summed E-state index contributed by atoms with van der Waals surface area (Å²) in [5.41, 5.74) is 0. The number of aliphatic hydroxyl groups excluding tert-OH is 2. The second kappa shape index (κ2) is 45.8. The van der Waals surface area contributed by atoms with E-state index in [0.717, 1.165) is 25.7 Å².